The quantitative estimate of drug-likeness (QED) is 0.344. The van der Waals surface area contributed by atoms with Crippen LogP contribution in [0, 0.1) is 0 Å². The summed E-state index contributed by atoms with van der Waals surface area (Å²) < 4.78 is 33.0. The van der Waals surface area contributed by atoms with Crippen molar-refractivity contribution in [3.05, 3.63) is 105 Å². The van der Waals surface area contributed by atoms with Crippen LogP contribution in [0.4, 0.5) is 0 Å². The van der Waals surface area contributed by atoms with Crippen LogP contribution in [0.15, 0.2) is 72.8 Å². The summed E-state index contributed by atoms with van der Waals surface area (Å²) in [5, 5.41) is 1.27. The van der Waals surface area contributed by atoms with E-state index in [0.717, 1.165) is 7.11 Å². The van der Waals surface area contributed by atoms with Crippen LogP contribution in [0.3, 0.4) is 0 Å². The first-order valence-corrected chi connectivity index (χ1v) is 13.2. The Morgan fingerprint density at radius 3 is 1.54 bits per heavy atom. The molecule has 35 heavy (non-hydrogen) atoms. The molecule has 4 rings (SSSR count). The number of halogens is 3. The number of Topliss-reactive ketones (excluding diaryl/α,β-unsaturated/α-hetero) is 1. The number of carbonyl (C=O) groups is 2. The minimum atomic E-state index is -4.43. The number of benzene rings is 3. The van der Waals surface area contributed by atoms with Gasteiger partial charge in [0.05, 0.1) is 19.2 Å². The molecule has 0 radical (unpaired) electrons. The lowest BCUT2D eigenvalue weighted by atomic mass is 9.93. The third kappa shape index (κ3) is 5.10. The number of methoxy groups -OCH3 is 1. The van der Waals surface area contributed by atoms with Crippen LogP contribution in [-0.2, 0) is 19.4 Å². The summed E-state index contributed by atoms with van der Waals surface area (Å²) in [5.74, 6) is -1.64. The molecule has 1 fully saturated rings. The van der Waals surface area contributed by atoms with E-state index >= 15 is 0 Å². The Hall–Kier alpha value is -2.42. The second-order valence-corrected chi connectivity index (χ2v) is 11.6. The molecule has 1 aliphatic heterocycles. The van der Waals surface area contributed by atoms with E-state index in [-0.39, 0.29) is 5.56 Å². The zero-order chi connectivity index (χ0) is 25.3. The third-order valence-electron chi connectivity index (χ3n) is 5.95. The molecule has 10 heteroatoms. The van der Waals surface area contributed by atoms with E-state index in [1.54, 1.807) is 48.5 Å². The van der Waals surface area contributed by atoms with Crippen molar-refractivity contribution in [1.29, 1.82) is 0 Å². The summed E-state index contributed by atoms with van der Waals surface area (Å²) in [6.07, 6.45) is 0. The first-order chi connectivity index (χ1) is 16.6. The first kappa shape index (κ1) is 25.7. The number of sulfone groups is 1. The maximum absolute atomic E-state index is 14.1. The van der Waals surface area contributed by atoms with Crippen molar-refractivity contribution in [2.75, 3.05) is 7.11 Å². The number of hydrogen-bond acceptors (Lipinski definition) is 6. The van der Waals surface area contributed by atoms with E-state index in [1.807, 2.05) is 0 Å². The Kier molecular flexibility index (Phi) is 7.54. The topological polar surface area (TPSA) is 89.5 Å². The van der Waals surface area contributed by atoms with E-state index in [0.29, 0.717) is 26.2 Å². The van der Waals surface area contributed by atoms with Crippen LogP contribution in [0.2, 0.25) is 15.1 Å². The highest BCUT2D eigenvalue weighted by Gasteiger charge is 2.56. The maximum atomic E-state index is 14.1. The van der Waals surface area contributed by atoms with Crippen LogP contribution >= 0.6 is 34.8 Å². The molecule has 0 aromatic heterocycles. The normalized spacial score (nSPS) is 23.4. The summed E-state index contributed by atoms with van der Waals surface area (Å²) in [4.78, 5) is 26.5. The van der Waals surface area contributed by atoms with Gasteiger partial charge in [-0.1, -0.05) is 59.1 Å². The number of hydrogen-bond donors (Lipinski definition) is 1. The molecular formula is C25H20Cl3NO5S. The predicted octanol–water partition coefficient (Wildman–Crippen LogP) is 5.24. The minimum Gasteiger partial charge on any atom is -0.468 e. The van der Waals surface area contributed by atoms with Gasteiger partial charge in [0.2, 0.25) is 0 Å². The second-order valence-electron chi connectivity index (χ2n) is 8.05. The number of rotatable bonds is 5. The summed E-state index contributed by atoms with van der Waals surface area (Å²) in [5.41, 5.74) is 1.18. The summed E-state index contributed by atoms with van der Waals surface area (Å²) in [6, 6.07) is 16.9. The largest absolute Gasteiger partial charge is 0.468 e. The molecule has 1 saturated heterocycles. The lowest BCUT2D eigenvalue weighted by molar-refractivity contribution is -0.140. The van der Waals surface area contributed by atoms with Gasteiger partial charge in [-0.15, -0.1) is 0 Å². The van der Waals surface area contributed by atoms with Gasteiger partial charge in [0.1, 0.15) is 5.25 Å². The predicted molar refractivity (Wildman–Crippen MR) is 136 cm³/mol. The Labute approximate surface area is 218 Å². The highest BCUT2D eigenvalue weighted by Crippen LogP contribution is 2.40. The Morgan fingerprint density at radius 2 is 1.11 bits per heavy atom. The SMILES string of the molecule is COC(=O)C1C(c2ccc(Cl)cc2)NC(c2ccc(Cl)cc2)C(C(=O)c2ccc(Cl)cc2)S1(=O)=O. The molecule has 0 amide bonds. The van der Waals surface area contributed by atoms with Gasteiger partial charge < -0.3 is 4.74 Å². The molecule has 4 atom stereocenters. The molecule has 182 valence electrons. The molecule has 0 saturated carbocycles. The third-order valence-corrected chi connectivity index (χ3v) is 9.07. The molecular weight excluding hydrogens is 533 g/mol. The standard InChI is InChI=1S/C25H20Cl3NO5S/c1-34-25(31)24-21(15-4-10-18(27)11-5-15)29-20(14-2-8-17(26)9-3-14)23(35(24,32)33)22(30)16-6-12-19(28)13-7-16/h2-13,20-21,23-24,29H,1H3. The molecule has 4 unspecified atom stereocenters. The number of carbonyl (C=O) groups excluding carboxylic acids is 2. The van der Waals surface area contributed by atoms with E-state index in [9.17, 15) is 18.0 Å². The van der Waals surface area contributed by atoms with Gasteiger partial charge in [0.15, 0.2) is 20.9 Å². The number of ketones is 1. The molecule has 0 spiro atoms. The lowest BCUT2D eigenvalue weighted by Crippen LogP contribution is -2.59. The van der Waals surface area contributed by atoms with Crippen molar-refractivity contribution < 1.29 is 22.7 Å². The van der Waals surface area contributed by atoms with Crippen LogP contribution in [-0.4, -0.2) is 37.8 Å². The molecule has 1 N–H and O–H groups in total. The van der Waals surface area contributed by atoms with Crippen molar-refractivity contribution in [3.63, 3.8) is 0 Å². The van der Waals surface area contributed by atoms with Gasteiger partial charge in [0.25, 0.3) is 0 Å². The fraction of sp³-hybridized carbons (Fsp3) is 0.200. The second kappa shape index (κ2) is 10.3. The maximum Gasteiger partial charge on any atom is 0.326 e. The van der Waals surface area contributed by atoms with E-state index in [2.05, 4.69) is 5.32 Å². The summed E-state index contributed by atoms with van der Waals surface area (Å²) >= 11 is 18.0. The molecule has 0 aliphatic carbocycles. The molecule has 3 aromatic rings. The van der Waals surface area contributed by atoms with Gasteiger partial charge in [-0.3, -0.25) is 14.9 Å². The Balaban J connectivity index is 1.90. The molecule has 6 nitrogen and oxygen atoms in total. The van der Waals surface area contributed by atoms with Gasteiger partial charge in [-0.2, -0.15) is 0 Å². The van der Waals surface area contributed by atoms with Crippen molar-refractivity contribution in [2.24, 2.45) is 0 Å². The van der Waals surface area contributed by atoms with Gasteiger partial charge in [0, 0.05) is 20.6 Å². The van der Waals surface area contributed by atoms with Crippen molar-refractivity contribution in [1.82, 2.24) is 5.32 Å². The van der Waals surface area contributed by atoms with E-state index in [1.165, 1.54) is 24.3 Å². The van der Waals surface area contributed by atoms with Crippen LogP contribution in [0.5, 0.6) is 0 Å². The fourth-order valence-corrected chi connectivity index (χ4v) is 6.98. The fourth-order valence-electron chi connectivity index (χ4n) is 4.25. The van der Waals surface area contributed by atoms with Crippen molar-refractivity contribution in [2.45, 2.75) is 22.6 Å². The smallest absolute Gasteiger partial charge is 0.326 e. The summed E-state index contributed by atoms with van der Waals surface area (Å²) in [7, 11) is -3.32. The van der Waals surface area contributed by atoms with Gasteiger partial charge in [-0.25, -0.2) is 8.42 Å². The van der Waals surface area contributed by atoms with Crippen molar-refractivity contribution >= 4 is 56.4 Å². The average Bonchev–Trinajstić information content (AvgIpc) is 2.83. The summed E-state index contributed by atoms with van der Waals surface area (Å²) in [6.45, 7) is 0. The van der Waals surface area contributed by atoms with Gasteiger partial charge in [-0.05, 0) is 59.7 Å². The monoisotopic (exact) mass is 551 g/mol. The molecule has 1 aliphatic rings. The van der Waals surface area contributed by atoms with Crippen LogP contribution < -0.4 is 5.32 Å². The van der Waals surface area contributed by atoms with E-state index < -0.39 is 44.2 Å². The van der Waals surface area contributed by atoms with E-state index in [4.69, 9.17) is 39.5 Å². The average molecular weight is 553 g/mol. The number of nitrogens with one attached hydrogen (secondary N) is 1. The number of esters is 1. The minimum absolute atomic E-state index is 0.150. The zero-order valence-electron chi connectivity index (χ0n) is 18.3. The van der Waals surface area contributed by atoms with Crippen molar-refractivity contribution in [3.8, 4) is 0 Å². The van der Waals surface area contributed by atoms with Gasteiger partial charge >= 0.3 is 5.97 Å². The Morgan fingerprint density at radius 1 is 0.714 bits per heavy atom. The highest BCUT2D eigenvalue weighted by molar-refractivity contribution is 7.94. The molecule has 1 heterocycles. The van der Waals surface area contributed by atoms with Crippen LogP contribution in [0.1, 0.15) is 33.6 Å². The molecule has 0 bridgehead atoms. The highest BCUT2D eigenvalue weighted by atomic mass is 35.5. The zero-order valence-corrected chi connectivity index (χ0v) is 21.4. The Bertz CT molecular complexity index is 1340. The lowest BCUT2D eigenvalue weighted by Gasteiger charge is -2.41. The number of ether oxygens (including phenoxy) is 1. The molecule has 3 aromatic carbocycles. The first-order valence-electron chi connectivity index (χ1n) is 10.5. The van der Waals surface area contributed by atoms with Crippen LogP contribution in [0.25, 0.3) is 0 Å².